The molecule has 0 aliphatic heterocycles. The average molecular weight is 385 g/mol. The van der Waals surface area contributed by atoms with Gasteiger partial charge in [-0.05, 0) is 13.0 Å². The van der Waals surface area contributed by atoms with E-state index in [0.29, 0.717) is 11.5 Å². The molecule has 3 rings (SSSR count). The fourth-order valence-electron chi connectivity index (χ4n) is 2.44. The molecule has 0 fully saturated rings. The number of thiazole rings is 1. The van der Waals surface area contributed by atoms with Crippen LogP contribution >= 0.6 is 11.3 Å². The summed E-state index contributed by atoms with van der Waals surface area (Å²) in [5.41, 5.74) is 3.37. The molecule has 0 unspecified atom stereocenters. The highest BCUT2D eigenvalue weighted by Crippen LogP contribution is 2.24. The first-order valence-electron chi connectivity index (χ1n) is 8.73. The molecule has 0 bridgehead atoms. The molecule has 0 radical (unpaired) electrons. The van der Waals surface area contributed by atoms with Crippen LogP contribution in [0, 0.1) is 0 Å². The Morgan fingerprint density at radius 2 is 2.26 bits per heavy atom. The Labute approximate surface area is 162 Å². The number of fused-ring (bicyclic) bond motifs is 1. The van der Waals surface area contributed by atoms with Crippen LogP contribution in [-0.4, -0.2) is 51.2 Å². The van der Waals surface area contributed by atoms with Crippen LogP contribution in [-0.2, 0) is 6.54 Å². The van der Waals surface area contributed by atoms with Crippen molar-refractivity contribution in [3.8, 4) is 0 Å². The summed E-state index contributed by atoms with van der Waals surface area (Å²) in [6.07, 6.45) is 8.18. The van der Waals surface area contributed by atoms with Gasteiger partial charge in [-0.25, -0.2) is 15.0 Å². The van der Waals surface area contributed by atoms with Crippen LogP contribution in [0.2, 0.25) is 0 Å². The van der Waals surface area contributed by atoms with Gasteiger partial charge in [-0.3, -0.25) is 4.40 Å². The minimum atomic E-state index is 0.656. The van der Waals surface area contributed by atoms with Crippen molar-refractivity contribution in [2.24, 2.45) is 5.10 Å². The third kappa shape index (κ3) is 4.69. The lowest BCUT2D eigenvalue weighted by Crippen LogP contribution is -2.13. The third-order valence-electron chi connectivity index (χ3n) is 3.71. The Bertz CT molecular complexity index is 940. The average Bonchev–Trinajstić information content (AvgIpc) is 3.27. The summed E-state index contributed by atoms with van der Waals surface area (Å²) in [7, 11) is 3.73. The van der Waals surface area contributed by atoms with Crippen LogP contribution in [0.15, 0.2) is 35.7 Å². The molecule has 9 heteroatoms. The fraction of sp³-hybridized carbons (Fsp3) is 0.333. The molecule has 2 N–H and O–H groups in total. The molecule has 3 aromatic rings. The van der Waals surface area contributed by atoms with Gasteiger partial charge in [-0.15, -0.1) is 11.3 Å². The highest BCUT2D eigenvalue weighted by atomic mass is 32.1. The number of hydrazone groups is 1. The molecular formula is C18H24N8S. The molecule has 3 heterocycles. The first-order chi connectivity index (χ1) is 13.1. The lowest BCUT2D eigenvalue weighted by atomic mass is 10.2. The summed E-state index contributed by atoms with van der Waals surface area (Å²) >= 11 is 1.55. The number of aromatic nitrogens is 4. The Kier molecular flexibility index (Phi) is 6.15. The van der Waals surface area contributed by atoms with E-state index in [-0.39, 0.29) is 0 Å². The van der Waals surface area contributed by atoms with Crippen molar-refractivity contribution >= 4 is 39.7 Å². The van der Waals surface area contributed by atoms with E-state index in [1.807, 2.05) is 30.1 Å². The van der Waals surface area contributed by atoms with Crippen molar-refractivity contribution in [1.82, 2.24) is 29.7 Å². The summed E-state index contributed by atoms with van der Waals surface area (Å²) in [5, 5.41) is 15.4. The van der Waals surface area contributed by atoms with Gasteiger partial charge in [0.1, 0.15) is 0 Å². The minimum absolute atomic E-state index is 0.656. The lowest BCUT2D eigenvalue weighted by molar-refractivity contribution is 0.441. The zero-order chi connectivity index (χ0) is 19.2. The summed E-state index contributed by atoms with van der Waals surface area (Å²) in [6.45, 7) is 7.97. The first kappa shape index (κ1) is 19.0. The number of nitrogens with one attached hydrogen (secondary N) is 2. The molecule has 8 nitrogen and oxygen atoms in total. The van der Waals surface area contributed by atoms with Crippen LogP contribution in [0.5, 0.6) is 0 Å². The first-order valence-corrected chi connectivity index (χ1v) is 9.61. The van der Waals surface area contributed by atoms with Gasteiger partial charge in [0.15, 0.2) is 16.6 Å². The molecule has 0 saturated heterocycles. The molecule has 27 heavy (non-hydrogen) atoms. The molecular weight excluding hydrogens is 360 g/mol. The standard InChI is InChI=1S/C18H24N8S/c1-5-6-19-10-14-12-27-18(23-14)24-16-17-21-11-15(26(17)8-7-20-16)13(2)9-22-25(3)4/h7-9,11-12,19H,2,5-6,10H2,1,3-4H3,(H,20,23,24)/b22-9-. The molecule has 3 aromatic heterocycles. The Morgan fingerprint density at radius 3 is 3.04 bits per heavy atom. The number of nitrogens with zero attached hydrogens (tertiary/aromatic N) is 6. The monoisotopic (exact) mass is 384 g/mol. The highest BCUT2D eigenvalue weighted by Gasteiger charge is 2.12. The largest absolute Gasteiger partial charge is 0.313 e. The highest BCUT2D eigenvalue weighted by molar-refractivity contribution is 7.13. The SMILES string of the molecule is C=C(/C=N\N(C)C)c1cnc2c(Nc3nc(CNCCC)cs3)nccn12. The van der Waals surface area contributed by atoms with Gasteiger partial charge < -0.3 is 15.6 Å². The van der Waals surface area contributed by atoms with Crippen molar-refractivity contribution in [2.45, 2.75) is 19.9 Å². The van der Waals surface area contributed by atoms with Gasteiger partial charge in [0, 0.05) is 44.0 Å². The minimum Gasteiger partial charge on any atom is -0.313 e. The number of anilines is 2. The Balaban J connectivity index is 1.79. The van der Waals surface area contributed by atoms with Gasteiger partial charge in [0.25, 0.3) is 0 Å². The van der Waals surface area contributed by atoms with E-state index in [9.17, 15) is 0 Å². The number of imidazole rings is 1. The molecule has 0 aromatic carbocycles. The second-order valence-corrected chi connectivity index (χ2v) is 7.03. The Morgan fingerprint density at radius 1 is 1.41 bits per heavy atom. The van der Waals surface area contributed by atoms with Crippen LogP contribution in [0.3, 0.4) is 0 Å². The normalized spacial score (nSPS) is 11.4. The summed E-state index contributed by atoms with van der Waals surface area (Å²) < 4.78 is 1.94. The third-order valence-corrected chi connectivity index (χ3v) is 4.52. The molecule has 0 saturated carbocycles. The van der Waals surface area contributed by atoms with Crippen molar-refractivity contribution in [1.29, 1.82) is 0 Å². The van der Waals surface area contributed by atoms with E-state index >= 15 is 0 Å². The van der Waals surface area contributed by atoms with E-state index < -0.39 is 0 Å². The van der Waals surface area contributed by atoms with E-state index in [0.717, 1.165) is 41.6 Å². The van der Waals surface area contributed by atoms with Crippen LogP contribution in [0.1, 0.15) is 24.7 Å². The summed E-state index contributed by atoms with van der Waals surface area (Å²) in [5.74, 6) is 0.656. The van der Waals surface area contributed by atoms with Gasteiger partial charge in [-0.1, -0.05) is 13.5 Å². The summed E-state index contributed by atoms with van der Waals surface area (Å²) in [4.78, 5) is 13.5. The molecule has 0 aliphatic carbocycles. The molecule has 142 valence electrons. The number of allylic oxidation sites excluding steroid dienone is 1. The number of rotatable bonds is 9. The second-order valence-electron chi connectivity index (χ2n) is 6.18. The predicted molar refractivity (Wildman–Crippen MR) is 112 cm³/mol. The van der Waals surface area contributed by atoms with Crippen molar-refractivity contribution in [3.63, 3.8) is 0 Å². The lowest BCUT2D eigenvalue weighted by Gasteiger charge is -2.06. The maximum Gasteiger partial charge on any atom is 0.188 e. The maximum atomic E-state index is 4.60. The van der Waals surface area contributed by atoms with Gasteiger partial charge in [-0.2, -0.15) is 5.10 Å². The maximum absolute atomic E-state index is 4.60. The van der Waals surface area contributed by atoms with Crippen LogP contribution < -0.4 is 10.6 Å². The second kappa shape index (κ2) is 8.74. The van der Waals surface area contributed by atoms with E-state index in [4.69, 9.17) is 0 Å². The molecule has 0 amide bonds. The predicted octanol–water partition coefficient (Wildman–Crippen LogP) is 2.99. The smallest absolute Gasteiger partial charge is 0.188 e. The zero-order valence-corrected chi connectivity index (χ0v) is 16.6. The summed E-state index contributed by atoms with van der Waals surface area (Å²) in [6, 6.07) is 0. The zero-order valence-electron chi connectivity index (χ0n) is 15.8. The van der Waals surface area contributed by atoms with Crippen LogP contribution in [0.25, 0.3) is 11.2 Å². The van der Waals surface area contributed by atoms with Crippen LogP contribution in [0.4, 0.5) is 10.9 Å². The number of hydrogen-bond donors (Lipinski definition) is 2. The van der Waals surface area contributed by atoms with Gasteiger partial charge >= 0.3 is 0 Å². The van der Waals surface area contributed by atoms with Crippen molar-refractivity contribution in [2.75, 3.05) is 26.0 Å². The van der Waals surface area contributed by atoms with Crippen molar-refractivity contribution < 1.29 is 0 Å². The van der Waals surface area contributed by atoms with E-state index in [2.05, 4.69) is 44.2 Å². The Hall–Kier alpha value is -2.78. The fourth-order valence-corrected chi connectivity index (χ4v) is 3.15. The quantitative estimate of drug-likeness (QED) is 0.335. The van der Waals surface area contributed by atoms with E-state index in [1.165, 1.54) is 0 Å². The molecule has 0 atom stereocenters. The molecule has 0 spiro atoms. The van der Waals surface area contributed by atoms with Gasteiger partial charge in [0.2, 0.25) is 0 Å². The van der Waals surface area contributed by atoms with Gasteiger partial charge in [0.05, 0.1) is 23.8 Å². The molecule has 0 aliphatic rings. The van der Waals surface area contributed by atoms with Crippen molar-refractivity contribution in [3.05, 3.63) is 41.9 Å². The topological polar surface area (TPSA) is 82.7 Å². The van der Waals surface area contributed by atoms with E-state index in [1.54, 1.807) is 35.0 Å². The number of hydrogen-bond acceptors (Lipinski definition) is 8.